The van der Waals surface area contributed by atoms with Crippen LogP contribution in [0.15, 0.2) is 39.5 Å². The van der Waals surface area contributed by atoms with Crippen LogP contribution in [0.3, 0.4) is 0 Å². The second-order valence-corrected chi connectivity index (χ2v) is 3.84. The van der Waals surface area contributed by atoms with Gasteiger partial charge in [-0.3, -0.25) is 4.79 Å². The van der Waals surface area contributed by atoms with Crippen LogP contribution in [0.5, 0.6) is 5.75 Å². The van der Waals surface area contributed by atoms with E-state index < -0.39 is 5.63 Å². The molecule has 100 valence electrons. The Bertz CT molecular complexity index is 629. The first kappa shape index (κ1) is 13.1. The summed E-state index contributed by atoms with van der Waals surface area (Å²) in [5.41, 5.74) is -0.0483. The zero-order valence-corrected chi connectivity index (χ0v) is 10.5. The first-order valence-electron chi connectivity index (χ1n) is 6.02. The molecule has 0 bridgehead atoms. The van der Waals surface area contributed by atoms with Crippen molar-refractivity contribution in [2.75, 3.05) is 13.2 Å². The van der Waals surface area contributed by atoms with Gasteiger partial charge in [-0.25, -0.2) is 4.79 Å². The molecule has 19 heavy (non-hydrogen) atoms. The summed E-state index contributed by atoms with van der Waals surface area (Å²) in [6, 6.07) is 8.75. The van der Waals surface area contributed by atoms with Crippen molar-refractivity contribution in [2.45, 2.75) is 13.3 Å². The number of hydrogen-bond donors (Lipinski definition) is 0. The minimum absolute atomic E-state index is 0.0853. The minimum Gasteiger partial charge on any atom is -0.486 e. The predicted octanol–water partition coefficient (Wildman–Crippen LogP) is 2.12. The molecule has 5 heteroatoms. The zero-order valence-electron chi connectivity index (χ0n) is 10.5. The maximum Gasteiger partial charge on any atom is 0.379 e. The molecule has 0 N–H and O–H groups in total. The van der Waals surface area contributed by atoms with Gasteiger partial charge in [-0.2, -0.15) is 0 Å². The van der Waals surface area contributed by atoms with E-state index in [0.29, 0.717) is 12.2 Å². The zero-order chi connectivity index (χ0) is 13.7. The number of carbonyl (C=O) groups is 1. The molecule has 1 heterocycles. The van der Waals surface area contributed by atoms with Crippen LogP contribution >= 0.6 is 0 Å². The third-order valence-corrected chi connectivity index (χ3v) is 2.48. The van der Waals surface area contributed by atoms with Gasteiger partial charge in [0.1, 0.15) is 5.58 Å². The molecule has 2 aromatic rings. The fraction of sp³-hybridized carbons (Fsp3) is 0.286. The van der Waals surface area contributed by atoms with Crippen LogP contribution in [0.4, 0.5) is 0 Å². The van der Waals surface area contributed by atoms with Crippen molar-refractivity contribution in [3.63, 3.8) is 0 Å². The molecule has 5 nitrogen and oxygen atoms in total. The smallest absolute Gasteiger partial charge is 0.379 e. The van der Waals surface area contributed by atoms with E-state index in [9.17, 15) is 9.59 Å². The Kier molecular flexibility index (Phi) is 4.18. The maximum absolute atomic E-state index is 11.6. The maximum atomic E-state index is 11.6. The van der Waals surface area contributed by atoms with Gasteiger partial charge >= 0.3 is 11.6 Å². The van der Waals surface area contributed by atoms with Gasteiger partial charge in [0, 0.05) is 5.39 Å². The first-order valence-corrected chi connectivity index (χ1v) is 6.02. The van der Waals surface area contributed by atoms with Crippen LogP contribution in [0.25, 0.3) is 11.0 Å². The van der Waals surface area contributed by atoms with E-state index in [1.165, 1.54) is 0 Å². The lowest BCUT2D eigenvalue weighted by atomic mass is 10.2. The second kappa shape index (κ2) is 6.04. The molecule has 0 aliphatic rings. The number of rotatable bonds is 5. The SMILES string of the molecule is CCOC(=O)CCOc1cc2ccccc2oc1=O. The predicted molar refractivity (Wildman–Crippen MR) is 69.2 cm³/mol. The third-order valence-electron chi connectivity index (χ3n) is 2.48. The van der Waals surface area contributed by atoms with Gasteiger partial charge in [0.25, 0.3) is 0 Å². The molecule has 0 unspecified atom stereocenters. The summed E-state index contributed by atoms with van der Waals surface area (Å²) in [4.78, 5) is 22.8. The quantitative estimate of drug-likeness (QED) is 0.610. The number of hydrogen-bond acceptors (Lipinski definition) is 5. The van der Waals surface area contributed by atoms with Gasteiger partial charge in [0.2, 0.25) is 5.75 Å². The average molecular weight is 262 g/mol. The molecule has 0 fully saturated rings. The Balaban J connectivity index is 2.06. The van der Waals surface area contributed by atoms with Gasteiger partial charge in [-0.05, 0) is 19.1 Å². The van der Waals surface area contributed by atoms with E-state index in [1.54, 1.807) is 25.1 Å². The Morgan fingerprint density at radius 1 is 1.32 bits per heavy atom. The highest BCUT2D eigenvalue weighted by molar-refractivity contribution is 5.77. The van der Waals surface area contributed by atoms with E-state index in [1.807, 2.05) is 12.1 Å². The van der Waals surface area contributed by atoms with E-state index >= 15 is 0 Å². The summed E-state index contributed by atoms with van der Waals surface area (Å²) < 4.78 is 15.1. The monoisotopic (exact) mass is 262 g/mol. The highest BCUT2D eigenvalue weighted by Gasteiger charge is 2.07. The summed E-state index contributed by atoms with van der Waals surface area (Å²) >= 11 is 0. The molecular formula is C14H14O5. The van der Waals surface area contributed by atoms with Crippen LogP contribution in [-0.2, 0) is 9.53 Å². The minimum atomic E-state index is -0.553. The Morgan fingerprint density at radius 3 is 2.89 bits per heavy atom. The van der Waals surface area contributed by atoms with Gasteiger partial charge in [0.15, 0.2) is 0 Å². The Morgan fingerprint density at radius 2 is 2.11 bits per heavy atom. The number of esters is 1. The van der Waals surface area contributed by atoms with Gasteiger partial charge in [-0.1, -0.05) is 18.2 Å². The van der Waals surface area contributed by atoms with Crippen LogP contribution in [0, 0.1) is 0 Å². The Hall–Kier alpha value is -2.30. The molecule has 0 saturated carbocycles. The number of benzene rings is 1. The van der Waals surface area contributed by atoms with E-state index in [0.717, 1.165) is 5.39 Å². The summed E-state index contributed by atoms with van der Waals surface area (Å²) in [5.74, 6) is -0.254. The summed E-state index contributed by atoms with van der Waals surface area (Å²) in [6.07, 6.45) is 0.0973. The van der Waals surface area contributed by atoms with Crippen molar-refractivity contribution in [3.8, 4) is 5.75 Å². The highest BCUT2D eigenvalue weighted by Crippen LogP contribution is 2.16. The second-order valence-electron chi connectivity index (χ2n) is 3.84. The lowest BCUT2D eigenvalue weighted by Crippen LogP contribution is -2.13. The van der Waals surface area contributed by atoms with E-state index in [-0.39, 0.29) is 24.7 Å². The lowest BCUT2D eigenvalue weighted by molar-refractivity contribution is -0.143. The molecule has 0 saturated heterocycles. The first-order chi connectivity index (χ1) is 9.20. The van der Waals surface area contributed by atoms with Crippen LogP contribution < -0.4 is 10.4 Å². The van der Waals surface area contributed by atoms with Crippen LogP contribution in [0.1, 0.15) is 13.3 Å². The topological polar surface area (TPSA) is 65.7 Å². The summed E-state index contributed by atoms with van der Waals surface area (Å²) in [7, 11) is 0. The van der Waals surface area contributed by atoms with Gasteiger partial charge < -0.3 is 13.9 Å². The van der Waals surface area contributed by atoms with E-state index in [2.05, 4.69) is 0 Å². The third kappa shape index (κ3) is 3.34. The number of carbonyl (C=O) groups excluding carboxylic acids is 1. The molecule has 1 aromatic carbocycles. The lowest BCUT2D eigenvalue weighted by Gasteiger charge is -2.05. The molecule has 1 aromatic heterocycles. The molecule has 2 rings (SSSR count). The standard InChI is InChI=1S/C14H14O5/c1-2-17-13(15)7-8-18-12-9-10-5-3-4-6-11(10)19-14(12)16/h3-6,9H,2,7-8H2,1H3. The van der Waals surface area contributed by atoms with Crippen molar-refractivity contribution in [2.24, 2.45) is 0 Å². The molecular weight excluding hydrogens is 248 g/mol. The van der Waals surface area contributed by atoms with Gasteiger partial charge in [-0.15, -0.1) is 0 Å². The van der Waals surface area contributed by atoms with Crippen LogP contribution in [0.2, 0.25) is 0 Å². The van der Waals surface area contributed by atoms with Crippen LogP contribution in [-0.4, -0.2) is 19.2 Å². The number of para-hydroxylation sites is 1. The molecule has 0 spiro atoms. The largest absolute Gasteiger partial charge is 0.486 e. The highest BCUT2D eigenvalue weighted by atomic mass is 16.5. The summed E-state index contributed by atoms with van der Waals surface area (Å²) in [5, 5.41) is 0.772. The number of ether oxygens (including phenoxy) is 2. The van der Waals surface area contributed by atoms with E-state index in [4.69, 9.17) is 13.9 Å². The molecule has 0 radical (unpaired) electrons. The van der Waals surface area contributed by atoms with Crippen molar-refractivity contribution in [3.05, 3.63) is 40.8 Å². The summed E-state index contributed by atoms with van der Waals surface area (Å²) in [6.45, 7) is 2.15. The average Bonchev–Trinajstić information content (AvgIpc) is 2.39. The normalized spacial score (nSPS) is 10.4. The number of fused-ring (bicyclic) bond motifs is 1. The van der Waals surface area contributed by atoms with Crippen molar-refractivity contribution < 1.29 is 18.7 Å². The van der Waals surface area contributed by atoms with Crippen molar-refractivity contribution in [1.29, 1.82) is 0 Å². The fourth-order valence-electron chi connectivity index (χ4n) is 1.62. The van der Waals surface area contributed by atoms with Gasteiger partial charge in [0.05, 0.1) is 19.6 Å². The molecule has 0 aliphatic carbocycles. The molecule has 0 amide bonds. The fourth-order valence-corrected chi connectivity index (χ4v) is 1.62. The van der Waals surface area contributed by atoms with Crippen molar-refractivity contribution >= 4 is 16.9 Å². The van der Waals surface area contributed by atoms with Crippen molar-refractivity contribution in [1.82, 2.24) is 0 Å². The molecule has 0 atom stereocenters. The molecule has 0 aliphatic heterocycles. The Labute approximate surface area is 109 Å².